The monoisotopic (exact) mass is 346 g/mol. The van der Waals surface area contributed by atoms with Gasteiger partial charge < -0.3 is 9.64 Å². The molecule has 2 heterocycles. The van der Waals surface area contributed by atoms with Gasteiger partial charge in [-0.15, -0.1) is 0 Å². The first kappa shape index (κ1) is 16.3. The Morgan fingerprint density at radius 3 is 2.62 bits per heavy atom. The molecule has 0 atom stereocenters. The van der Waals surface area contributed by atoms with E-state index in [1.54, 1.807) is 23.1 Å². The molecule has 4 rings (SSSR count). The van der Waals surface area contributed by atoms with Crippen LogP contribution in [0, 0.1) is 6.92 Å². The summed E-state index contributed by atoms with van der Waals surface area (Å²) >= 11 is 0. The molecule has 0 aliphatic carbocycles. The minimum absolute atomic E-state index is 0.133. The molecule has 5 nitrogen and oxygen atoms in total. The minimum Gasteiger partial charge on any atom is -0.423 e. The van der Waals surface area contributed by atoms with Crippen LogP contribution >= 0.6 is 0 Å². The standard InChI is InChI=1S/C21H18N2O3/c1-14-13-18(17-5-2-3-6-19(17)22-14)21(25)26-16-10-8-15(9-11-16)23-12-4-7-20(23)24/h2-3,5-6,8-11,13H,4,7,12H2,1H3. The van der Waals surface area contributed by atoms with E-state index in [-0.39, 0.29) is 5.91 Å². The van der Waals surface area contributed by atoms with Crippen molar-refractivity contribution in [2.45, 2.75) is 19.8 Å². The Balaban J connectivity index is 1.58. The molecule has 1 saturated heterocycles. The van der Waals surface area contributed by atoms with E-state index in [0.717, 1.165) is 35.2 Å². The van der Waals surface area contributed by atoms with Crippen molar-refractivity contribution in [1.82, 2.24) is 4.98 Å². The number of aromatic nitrogens is 1. The fourth-order valence-electron chi connectivity index (χ4n) is 3.25. The van der Waals surface area contributed by atoms with Gasteiger partial charge in [-0.3, -0.25) is 9.78 Å². The van der Waals surface area contributed by atoms with Crippen LogP contribution in [0.15, 0.2) is 54.6 Å². The second kappa shape index (κ2) is 6.59. The van der Waals surface area contributed by atoms with E-state index < -0.39 is 5.97 Å². The van der Waals surface area contributed by atoms with Gasteiger partial charge in [0.2, 0.25) is 5.91 Å². The summed E-state index contributed by atoms with van der Waals surface area (Å²) in [4.78, 5) is 30.7. The third kappa shape index (κ3) is 3.04. The molecule has 26 heavy (non-hydrogen) atoms. The number of carbonyl (C=O) groups is 2. The summed E-state index contributed by atoms with van der Waals surface area (Å²) in [7, 11) is 0. The van der Waals surface area contributed by atoms with Gasteiger partial charge in [-0.1, -0.05) is 18.2 Å². The number of amides is 1. The fraction of sp³-hybridized carbons (Fsp3) is 0.190. The zero-order chi connectivity index (χ0) is 18.1. The number of pyridine rings is 1. The van der Waals surface area contributed by atoms with Crippen LogP contribution in [-0.2, 0) is 4.79 Å². The first-order valence-electron chi connectivity index (χ1n) is 8.61. The molecule has 1 aliphatic rings. The molecule has 1 aliphatic heterocycles. The summed E-state index contributed by atoms with van der Waals surface area (Å²) in [5, 5.41) is 0.766. The van der Waals surface area contributed by atoms with Gasteiger partial charge >= 0.3 is 5.97 Å². The average molecular weight is 346 g/mol. The SMILES string of the molecule is Cc1cc(C(=O)Oc2ccc(N3CCCC3=O)cc2)c2ccccc2n1. The van der Waals surface area contributed by atoms with Gasteiger partial charge in [0.1, 0.15) is 5.75 Å². The molecule has 1 fully saturated rings. The molecular weight excluding hydrogens is 328 g/mol. The van der Waals surface area contributed by atoms with Gasteiger partial charge in [0.05, 0.1) is 11.1 Å². The lowest BCUT2D eigenvalue weighted by Crippen LogP contribution is -2.23. The third-order valence-corrected chi connectivity index (χ3v) is 4.50. The lowest BCUT2D eigenvalue weighted by Gasteiger charge is -2.16. The van der Waals surface area contributed by atoms with Gasteiger partial charge in [0.25, 0.3) is 0 Å². The average Bonchev–Trinajstić information content (AvgIpc) is 3.07. The number of hydrogen-bond donors (Lipinski definition) is 0. The van der Waals surface area contributed by atoms with E-state index in [1.807, 2.05) is 43.3 Å². The van der Waals surface area contributed by atoms with Crippen molar-refractivity contribution >= 4 is 28.5 Å². The van der Waals surface area contributed by atoms with E-state index in [1.165, 1.54) is 0 Å². The number of fused-ring (bicyclic) bond motifs is 1. The van der Waals surface area contributed by atoms with Crippen molar-refractivity contribution in [2.75, 3.05) is 11.4 Å². The molecule has 0 bridgehead atoms. The maximum absolute atomic E-state index is 12.7. The van der Waals surface area contributed by atoms with E-state index >= 15 is 0 Å². The molecule has 5 heteroatoms. The number of aryl methyl sites for hydroxylation is 1. The molecule has 0 saturated carbocycles. The Bertz CT molecular complexity index is 996. The van der Waals surface area contributed by atoms with Crippen LogP contribution in [0.1, 0.15) is 28.9 Å². The van der Waals surface area contributed by atoms with Crippen LogP contribution in [0.25, 0.3) is 10.9 Å². The summed E-state index contributed by atoms with van der Waals surface area (Å²) < 4.78 is 5.54. The second-order valence-corrected chi connectivity index (χ2v) is 6.36. The van der Waals surface area contributed by atoms with Crippen LogP contribution in [0.4, 0.5) is 5.69 Å². The number of para-hydroxylation sites is 1. The summed E-state index contributed by atoms with van der Waals surface area (Å²) in [5.41, 5.74) is 2.85. The van der Waals surface area contributed by atoms with Gasteiger partial charge in [-0.25, -0.2) is 4.79 Å². The van der Waals surface area contributed by atoms with E-state index in [2.05, 4.69) is 4.98 Å². The number of hydrogen-bond acceptors (Lipinski definition) is 4. The Morgan fingerprint density at radius 2 is 1.88 bits per heavy atom. The largest absolute Gasteiger partial charge is 0.423 e. The van der Waals surface area contributed by atoms with Crippen molar-refractivity contribution in [3.63, 3.8) is 0 Å². The number of anilines is 1. The van der Waals surface area contributed by atoms with Gasteiger partial charge in [-0.2, -0.15) is 0 Å². The quantitative estimate of drug-likeness (QED) is 0.533. The lowest BCUT2D eigenvalue weighted by atomic mass is 10.1. The van der Waals surface area contributed by atoms with Crippen molar-refractivity contribution < 1.29 is 14.3 Å². The number of carbonyl (C=O) groups excluding carboxylic acids is 2. The molecule has 0 radical (unpaired) electrons. The van der Waals surface area contributed by atoms with Gasteiger partial charge in [-0.05, 0) is 49.7 Å². The van der Waals surface area contributed by atoms with Crippen LogP contribution in [0.5, 0.6) is 5.75 Å². The predicted molar refractivity (Wildman–Crippen MR) is 99.5 cm³/mol. The van der Waals surface area contributed by atoms with E-state index in [0.29, 0.717) is 17.7 Å². The van der Waals surface area contributed by atoms with Crippen LogP contribution in [0.2, 0.25) is 0 Å². The van der Waals surface area contributed by atoms with Gasteiger partial charge in [0.15, 0.2) is 0 Å². The van der Waals surface area contributed by atoms with Gasteiger partial charge in [0, 0.05) is 29.7 Å². The Morgan fingerprint density at radius 1 is 1.12 bits per heavy atom. The van der Waals surface area contributed by atoms with E-state index in [9.17, 15) is 9.59 Å². The van der Waals surface area contributed by atoms with Crippen LogP contribution in [-0.4, -0.2) is 23.4 Å². The molecule has 3 aromatic rings. The molecule has 130 valence electrons. The Labute approximate surface area is 151 Å². The number of ether oxygens (including phenoxy) is 1. The normalized spacial score (nSPS) is 14.0. The third-order valence-electron chi connectivity index (χ3n) is 4.50. The number of rotatable bonds is 3. The fourth-order valence-corrected chi connectivity index (χ4v) is 3.25. The highest BCUT2D eigenvalue weighted by Gasteiger charge is 2.21. The highest BCUT2D eigenvalue weighted by Crippen LogP contribution is 2.25. The Hall–Kier alpha value is -3.21. The summed E-state index contributed by atoms with van der Waals surface area (Å²) in [6, 6.07) is 16.3. The molecular formula is C21H18N2O3. The second-order valence-electron chi connectivity index (χ2n) is 6.36. The zero-order valence-electron chi connectivity index (χ0n) is 14.4. The molecule has 1 aromatic heterocycles. The first-order chi connectivity index (χ1) is 12.6. The molecule has 2 aromatic carbocycles. The molecule has 0 unspecified atom stereocenters. The maximum atomic E-state index is 12.7. The summed E-state index contributed by atoms with van der Waals surface area (Å²) in [5.74, 6) is 0.161. The maximum Gasteiger partial charge on any atom is 0.344 e. The van der Waals surface area contributed by atoms with Crippen molar-refractivity contribution in [2.24, 2.45) is 0 Å². The van der Waals surface area contributed by atoms with Crippen LogP contribution in [0.3, 0.4) is 0 Å². The number of benzene rings is 2. The topological polar surface area (TPSA) is 59.5 Å². The molecule has 1 amide bonds. The smallest absolute Gasteiger partial charge is 0.344 e. The highest BCUT2D eigenvalue weighted by atomic mass is 16.5. The first-order valence-corrected chi connectivity index (χ1v) is 8.61. The minimum atomic E-state index is -0.420. The predicted octanol–water partition coefficient (Wildman–Crippen LogP) is 3.89. The van der Waals surface area contributed by atoms with Crippen molar-refractivity contribution in [3.8, 4) is 5.75 Å². The molecule has 0 spiro atoms. The van der Waals surface area contributed by atoms with E-state index in [4.69, 9.17) is 4.74 Å². The summed E-state index contributed by atoms with van der Waals surface area (Å²) in [6.07, 6.45) is 1.47. The lowest BCUT2D eigenvalue weighted by molar-refractivity contribution is -0.117. The number of nitrogens with zero attached hydrogens (tertiary/aromatic N) is 2. The Kier molecular flexibility index (Phi) is 4.13. The summed E-state index contributed by atoms with van der Waals surface area (Å²) in [6.45, 7) is 2.59. The van der Waals surface area contributed by atoms with Crippen molar-refractivity contribution in [1.29, 1.82) is 0 Å². The molecule has 0 N–H and O–H groups in total. The zero-order valence-corrected chi connectivity index (χ0v) is 14.4. The van der Waals surface area contributed by atoms with Crippen molar-refractivity contribution in [3.05, 3.63) is 65.9 Å². The number of esters is 1. The van der Waals surface area contributed by atoms with Crippen LogP contribution < -0.4 is 9.64 Å². The highest BCUT2D eigenvalue weighted by molar-refractivity contribution is 6.04.